The molecule has 2 aromatic rings. The molecule has 0 saturated heterocycles. The van der Waals surface area contributed by atoms with E-state index in [0.29, 0.717) is 11.1 Å². The lowest BCUT2D eigenvalue weighted by atomic mass is 10.2. The average Bonchev–Trinajstić information content (AvgIpc) is 3.03. The molecule has 0 aliphatic carbocycles. The van der Waals surface area contributed by atoms with E-state index >= 15 is 0 Å². The Balaban J connectivity index is 2.39. The minimum absolute atomic E-state index is 0.0420. The molecule has 20 heavy (non-hydrogen) atoms. The number of hydrogen-bond acceptors (Lipinski definition) is 5. The molecule has 0 aliphatic rings. The third-order valence-corrected chi connectivity index (χ3v) is 2.48. The maximum atomic E-state index is 12.6. The van der Waals surface area contributed by atoms with Crippen LogP contribution in [-0.2, 0) is 12.6 Å². The smallest absolute Gasteiger partial charge is 0.243 e. The second-order valence-electron chi connectivity index (χ2n) is 3.99. The molecule has 2 rings (SSSR count). The summed E-state index contributed by atoms with van der Waals surface area (Å²) in [6.45, 7) is 1.88. The molecule has 0 unspecified atom stereocenters. The Bertz CT molecular complexity index is 589. The van der Waals surface area contributed by atoms with Crippen LogP contribution in [0.5, 0.6) is 0 Å². The SMILES string of the molecule is CCCCc1nc(C(F)(F)F)nn1C(=O)n1cncn1. The molecule has 0 aliphatic heterocycles. The molecule has 0 atom stereocenters. The second kappa shape index (κ2) is 5.39. The molecule has 0 N–H and O–H groups in total. The van der Waals surface area contributed by atoms with Crippen molar-refractivity contribution in [3.05, 3.63) is 24.3 Å². The molecule has 0 saturated carbocycles. The third kappa shape index (κ3) is 2.83. The van der Waals surface area contributed by atoms with Crippen LogP contribution >= 0.6 is 0 Å². The first-order chi connectivity index (χ1) is 9.43. The van der Waals surface area contributed by atoms with Crippen LogP contribution in [0.15, 0.2) is 12.7 Å². The van der Waals surface area contributed by atoms with E-state index < -0.39 is 18.0 Å². The molecule has 0 bridgehead atoms. The van der Waals surface area contributed by atoms with Gasteiger partial charge < -0.3 is 0 Å². The number of nitrogens with zero attached hydrogens (tertiary/aromatic N) is 6. The Hall–Kier alpha value is -2.26. The van der Waals surface area contributed by atoms with Gasteiger partial charge in [-0.2, -0.15) is 27.6 Å². The van der Waals surface area contributed by atoms with Crippen molar-refractivity contribution >= 4 is 6.03 Å². The van der Waals surface area contributed by atoms with Gasteiger partial charge in [0.1, 0.15) is 18.5 Å². The zero-order valence-electron chi connectivity index (χ0n) is 10.5. The van der Waals surface area contributed by atoms with Gasteiger partial charge in [0.05, 0.1) is 0 Å². The number of carbonyl (C=O) groups is 1. The van der Waals surface area contributed by atoms with E-state index in [1.165, 1.54) is 0 Å². The van der Waals surface area contributed by atoms with Crippen molar-refractivity contribution in [2.24, 2.45) is 0 Å². The van der Waals surface area contributed by atoms with E-state index in [1.54, 1.807) is 0 Å². The third-order valence-electron chi connectivity index (χ3n) is 2.48. The van der Waals surface area contributed by atoms with E-state index in [9.17, 15) is 18.0 Å². The fourth-order valence-corrected chi connectivity index (χ4v) is 1.52. The number of hydrogen-bond donors (Lipinski definition) is 0. The molecule has 10 heteroatoms. The Morgan fingerprint density at radius 3 is 2.70 bits per heavy atom. The molecular weight excluding hydrogens is 277 g/mol. The van der Waals surface area contributed by atoms with Crippen LogP contribution in [-0.4, -0.2) is 35.6 Å². The zero-order valence-corrected chi connectivity index (χ0v) is 10.5. The molecular formula is C10H11F3N6O. The fraction of sp³-hybridized carbons (Fsp3) is 0.500. The maximum absolute atomic E-state index is 12.6. The van der Waals surface area contributed by atoms with Crippen LogP contribution in [0.4, 0.5) is 18.0 Å². The van der Waals surface area contributed by atoms with Gasteiger partial charge in [0.15, 0.2) is 0 Å². The molecule has 2 heterocycles. The number of aromatic nitrogens is 6. The highest BCUT2D eigenvalue weighted by Gasteiger charge is 2.38. The maximum Gasteiger partial charge on any atom is 0.453 e. The molecule has 2 aromatic heterocycles. The van der Waals surface area contributed by atoms with Gasteiger partial charge >= 0.3 is 12.2 Å². The van der Waals surface area contributed by atoms with Crippen LogP contribution in [0.1, 0.15) is 31.4 Å². The predicted octanol–water partition coefficient (Wildman–Crippen LogP) is 1.75. The number of halogens is 3. The minimum Gasteiger partial charge on any atom is -0.243 e. The topological polar surface area (TPSA) is 78.5 Å². The zero-order chi connectivity index (χ0) is 14.8. The lowest BCUT2D eigenvalue weighted by molar-refractivity contribution is -0.144. The van der Waals surface area contributed by atoms with Crippen LogP contribution in [0, 0.1) is 0 Å². The summed E-state index contributed by atoms with van der Waals surface area (Å²) in [6.07, 6.45) is -0.937. The Morgan fingerprint density at radius 2 is 2.15 bits per heavy atom. The van der Waals surface area contributed by atoms with Gasteiger partial charge in [0, 0.05) is 6.42 Å². The van der Waals surface area contributed by atoms with E-state index in [1.807, 2.05) is 6.92 Å². The number of unbranched alkanes of at least 4 members (excludes halogenated alkanes) is 1. The molecule has 0 aromatic carbocycles. The lowest BCUT2D eigenvalue weighted by Crippen LogP contribution is -2.23. The monoisotopic (exact) mass is 288 g/mol. The predicted molar refractivity (Wildman–Crippen MR) is 59.9 cm³/mol. The van der Waals surface area contributed by atoms with Crippen LogP contribution < -0.4 is 0 Å². The van der Waals surface area contributed by atoms with Crippen molar-refractivity contribution in [2.45, 2.75) is 32.4 Å². The van der Waals surface area contributed by atoms with Gasteiger partial charge in [-0.15, -0.1) is 5.10 Å². The Morgan fingerprint density at radius 1 is 1.40 bits per heavy atom. The van der Waals surface area contributed by atoms with Gasteiger partial charge in [-0.25, -0.2) is 14.8 Å². The fourth-order valence-electron chi connectivity index (χ4n) is 1.52. The molecule has 108 valence electrons. The van der Waals surface area contributed by atoms with E-state index in [0.717, 1.165) is 23.8 Å². The van der Waals surface area contributed by atoms with Crippen molar-refractivity contribution in [1.82, 2.24) is 29.5 Å². The van der Waals surface area contributed by atoms with Crippen molar-refractivity contribution in [2.75, 3.05) is 0 Å². The highest BCUT2D eigenvalue weighted by Crippen LogP contribution is 2.26. The van der Waals surface area contributed by atoms with Crippen molar-refractivity contribution in [3.8, 4) is 0 Å². The number of carbonyl (C=O) groups excluding carboxylic acids is 1. The summed E-state index contributed by atoms with van der Waals surface area (Å²) < 4.78 is 39.3. The van der Waals surface area contributed by atoms with Gasteiger partial charge in [-0.1, -0.05) is 13.3 Å². The standard InChI is InChI=1S/C10H11F3N6O/c1-2-3-4-7-16-8(10(11,12)13)17-19(7)9(20)18-6-14-5-15-18/h5-6H,2-4H2,1H3. The Labute approximate surface area is 111 Å². The number of aryl methyl sites for hydroxylation is 1. The minimum atomic E-state index is -4.70. The summed E-state index contributed by atoms with van der Waals surface area (Å²) in [5, 5.41) is 6.80. The number of rotatable bonds is 3. The summed E-state index contributed by atoms with van der Waals surface area (Å²) in [5.74, 6) is -1.38. The highest BCUT2D eigenvalue weighted by atomic mass is 19.4. The van der Waals surface area contributed by atoms with Gasteiger partial charge in [0.2, 0.25) is 0 Å². The van der Waals surface area contributed by atoms with E-state index in [4.69, 9.17) is 0 Å². The molecule has 0 spiro atoms. The molecule has 0 fully saturated rings. The average molecular weight is 288 g/mol. The van der Waals surface area contributed by atoms with Crippen LogP contribution in [0.25, 0.3) is 0 Å². The number of alkyl halides is 3. The summed E-state index contributed by atoms with van der Waals surface area (Å²) in [6, 6.07) is -0.850. The van der Waals surface area contributed by atoms with Gasteiger partial charge in [-0.05, 0) is 6.42 Å². The lowest BCUT2D eigenvalue weighted by Gasteiger charge is -2.02. The Kier molecular flexibility index (Phi) is 3.81. The first-order valence-electron chi connectivity index (χ1n) is 5.86. The highest BCUT2D eigenvalue weighted by molar-refractivity contribution is 5.77. The quantitative estimate of drug-likeness (QED) is 0.859. The van der Waals surface area contributed by atoms with Crippen molar-refractivity contribution in [1.29, 1.82) is 0 Å². The van der Waals surface area contributed by atoms with Crippen LogP contribution in [0.3, 0.4) is 0 Å². The van der Waals surface area contributed by atoms with Gasteiger partial charge in [-0.3, -0.25) is 0 Å². The van der Waals surface area contributed by atoms with Crippen LogP contribution in [0.2, 0.25) is 0 Å². The summed E-state index contributed by atoms with van der Waals surface area (Å²) in [7, 11) is 0. The van der Waals surface area contributed by atoms with Crippen molar-refractivity contribution < 1.29 is 18.0 Å². The first kappa shape index (κ1) is 14.2. The second-order valence-corrected chi connectivity index (χ2v) is 3.99. The first-order valence-corrected chi connectivity index (χ1v) is 5.86. The van der Waals surface area contributed by atoms with Gasteiger partial charge in [0.25, 0.3) is 5.82 Å². The summed E-state index contributed by atoms with van der Waals surface area (Å²) in [5.41, 5.74) is 0. The normalized spacial score (nSPS) is 11.8. The van der Waals surface area contributed by atoms with E-state index in [-0.39, 0.29) is 12.2 Å². The summed E-state index contributed by atoms with van der Waals surface area (Å²) >= 11 is 0. The summed E-state index contributed by atoms with van der Waals surface area (Å²) in [4.78, 5) is 18.9. The largest absolute Gasteiger partial charge is 0.453 e. The molecule has 0 radical (unpaired) electrons. The molecule has 0 amide bonds. The van der Waals surface area contributed by atoms with E-state index in [2.05, 4.69) is 20.2 Å². The molecule has 7 nitrogen and oxygen atoms in total. The van der Waals surface area contributed by atoms with Crippen molar-refractivity contribution in [3.63, 3.8) is 0 Å².